The van der Waals surface area contributed by atoms with Gasteiger partial charge in [-0.15, -0.1) is 0 Å². The highest BCUT2D eigenvalue weighted by molar-refractivity contribution is 7.99. The molecule has 0 atom stereocenters. The minimum atomic E-state index is 0.424. The summed E-state index contributed by atoms with van der Waals surface area (Å²) in [5.41, 5.74) is 7.86. The molecule has 1 aliphatic rings. The quantitative estimate of drug-likeness (QED) is 0.0847. The van der Waals surface area contributed by atoms with Crippen LogP contribution in [0.4, 0.5) is 5.69 Å². The zero-order valence-electron chi connectivity index (χ0n) is 37.9. The van der Waals surface area contributed by atoms with Crippen molar-refractivity contribution in [3.63, 3.8) is 0 Å². The SMILES string of the molecule is C/C=C(/CCN(C)C)c1c(C)cccc1OC/C=C(\C)NC=O.CC1=Nc2ccccc2Sc2ccccc21.CCC.CCCCCN(CCC)CCOCCOC. The number of nitrogens with zero attached hydrogens (tertiary/aromatic N) is 3. The lowest BCUT2D eigenvalue weighted by atomic mass is 9.96. The predicted molar refractivity (Wildman–Crippen MR) is 250 cm³/mol. The number of ether oxygens (including phenoxy) is 3. The van der Waals surface area contributed by atoms with Crippen molar-refractivity contribution in [2.24, 2.45) is 4.99 Å². The Hall–Kier alpha value is -3.73. The summed E-state index contributed by atoms with van der Waals surface area (Å²) in [6.07, 6.45) is 12.1. The van der Waals surface area contributed by atoms with E-state index in [9.17, 15) is 4.79 Å². The van der Waals surface area contributed by atoms with E-state index in [0.717, 1.165) is 49.0 Å². The van der Waals surface area contributed by atoms with E-state index in [0.29, 0.717) is 26.2 Å². The zero-order valence-corrected chi connectivity index (χ0v) is 38.7. The molecule has 0 radical (unpaired) electrons. The topological polar surface area (TPSA) is 75.6 Å². The summed E-state index contributed by atoms with van der Waals surface area (Å²) < 4.78 is 16.4. The van der Waals surface area contributed by atoms with Crippen molar-refractivity contribution in [1.29, 1.82) is 0 Å². The van der Waals surface area contributed by atoms with Gasteiger partial charge in [0.05, 0.1) is 25.5 Å². The molecule has 3 aromatic rings. The fourth-order valence-corrected chi connectivity index (χ4v) is 6.94. The molecular formula is C49H76N4O4S. The van der Waals surface area contributed by atoms with Crippen molar-refractivity contribution in [1.82, 2.24) is 15.1 Å². The van der Waals surface area contributed by atoms with Crippen LogP contribution in [0.25, 0.3) is 5.57 Å². The number of unbranched alkanes of at least 4 members (excludes halogenated alkanes) is 2. The molecule has 0 fully saturated rings. The molecule has 1 aliphatic heterocycles. The van der Waals surface area contributed by atoms with Crippen LogP contribution in [0.15, 0.2) is 99.4 Å². The van der Waals surface area contributed by atoms with Crippen LogP contribution in [-0.4, -0.2) is 95.7 Å². The highest BCUT2D eigenvalue weighted by Gasteiger charge is 2.14. The molecule has 322 valence electrons. The highest BCUT2D eigenvalue weighted by atomic mass is 32.2. The second kappa shape index (κ2) is 33.1. The van der Waals surface area contributed by atoms with Gasteiger partial charge in [-0.1, -0.05) is 107 Å². The van der Waals surface area contributed by atoms with E-state index < -0.39 is 0 Å². The number of rotatable bonds is 21. The first-order chi connectivity index (χ1) is 28.1. The predicted octanol–water partition coefficient (Wildman–Crippen LogP) is 11.6. The molecular weight excluding hydrogens is 741 g/mol. The van der Waals surface area contributed by atoms with Gasteiger partial charge in [0.15, 0.2) is 0 Å². The lowest BCUT2D eigenvalue weighted by Gasteiger charge is -2.21. The molecule has 8 nitrogen and oxygen atoms in total. The zero-order chi connectivity index (χ0) is 43.0. The van der Waals surface area contributed by atoms with Crippen molar-refractivity contribution in [2.45, 2.75) is 104 Å². The van der Waals surface area contributed by atoms with Gasteiger partial charge in [-0.05, 0) is 116 Å². The molecule has 0 spiro atoms. The van der Waals surface area contributed by atoms with Gasteiger partial charge in [-0.3, -0.25) is 9.79 Å². The number of aryl methyl sites for hydroxylation is 1. The molecule has 0 saturated carbocycles. The Morgan fingerprint density at radius 1 is 0.828 bits per heavy atom. The van der Waals surface area contributed by atoms with Crippen LogP contribution in [0.2, 0.25) is 0 Å². The molecule has 0 saturated heterocycles. The molecule has 1 N–H and O–H groups in total. The Kier molecular flexibility index (Phi) is 29.9. The van der Waals surface area contributed by atoms with Crippen molar-refractivity contribution in [2.75, 3.05) is 73.8 Å². The van der Waals surface area contributed by atoms with Crippen molar-refractivity contribution < 1.29 is 19.0 Å². The lowest BCUT2D eigenvalue weighted by Crippen LogP contribution is -2.29. The number of hydrogen-bond donors (Lipinski definition) is 1. The van der Waals surface area contributed by atoms with E-state index in [2.05, 4.69) is 137 Å². The van der Waals surface area contributed by atoms with Gasteiger partial charge in [-0.2, -0.15) is 0 Å². The van der Waals surface area contributed by atoms with Crippen molar-refractivity contribution in [3.05, 3.63) is 101 Å². The monoisotopic (exact) mass is 817 g/mol. The van der Waals surface area contributed by atoms with Crippen molar-refractivity contribution >= 4 is 35.1 Å². The van der Waals surface area contributed by atoms with Crippen LogP contribution in [0, 0.1) is 6.92 Å². The number of aliphatic imine (C=N–C) groups is 1. The summed E-state index contributed by atoms with van der Waals surface area (Å²) in [6.45, 7) is 23.9. The fraction of sp³-hybridized carbons (Fsp3) is 0.510. The summed E-state index contributed by atoms with van der Waals surface area (Å²) in [7, 11) is 5.86. The van der Waals surface area contributed by atoms with Crippen LogP contribution in [0.1, 0.15) is 104 Å². The number of benzene rings is 3. The first kappa shape index (κ1) is 52.3. The Morgan fingerprint density at radius 3 is 2.19 bits per heavy atom. The maximum atomic E-state index is 10.4. The average molecular weight is 817 g/mol. The van der Waals surface area contributed by atoms with Gasteiger partial charge in [-0.25, -0.2) is 0 Å². The number of carbonyl (C=O) groups is 1. The van der Waals surface area contributed by atoms with Gasteiger partial charge in [0.25, 0.3) is 0 Å². The van der Waals surface area contributed by atoms with Gasteiger partial charge in [0.2, 0.25) is 6.41 Å². The second-order valence-electron chi connectivity index (χ2n) is 14.4. The summed E-state index contributed by atoms with van der Waals surface area (Å²) in [5.74, 6) is 0.881. The first-order valence-electron chi connectivity index (χ1n) is 21.2. The third-order valence-corrected chi connectivity index (χ3v) is 10.0. The van der Waals surface area contributed by atoms with Crippen LogP contribution >= 0.6 is 11.8 Å². The molecule has 4 rings (SSSR count). The maximum absolute atomic E-state index is 10.4. The van der Waals surface area contributed by atoms with Crippen LogP contribution in [0.5, 0.6) is 5.75 Å². The van der Waals surface area contributed by atoms with Gasteiger partial charge < -0.3 is 29.3 Å². The highest BCUT2D eigenvalue weighted by Crippen LogP contribution is 2.39. The Morgan fingerprint density at radius 2 is 1.53 bits per heavy atom. The molecule has 58 heavy (non-hydrogen) atoms. The number of carbonyl (C=O) groups excluding carboxylic acids is 1. The van der Waals surface area contributed by atoms with Crippen molar-refractivity contribution in [3.8, 4) is 5.75 Å². The molecule has 0 unspecified atom stereocenters. The van der Waals surface area contributed by atoms with Crippen LogP contribution in [0.3, 0.4) is 0 Å². The Labute approximate surface area is 357 Å². The minimum Gasteiger partial charge on any atom is -0.489 e. The van der Waals surface area contributed by atoms with Gasteiger partial charge in [0, 0.05) is 52.5 Å². The summed E-state index contributed by atoms with van der Waals surface area (Å²) in [5, 5.41) is 2.61. The average Bonchev–Trinajstić information content (AvgIpc) is 3.35. The summed E-state index contributed by atoms with van der Waals surface area (Å²) >= 11 is 1.79. The van der Waals surface area contributed by atoms with Crippen LogP contribution < -0.4 is 10.1 Å². The normalized spacial score (nSPS) is 12.1. The maximum Gasteiger partial charge on any atom is 0.211 e. The fourth-order valence-electron chi connectivity index (χ4n) is 5.86. The minimum absolute atomic E-state index is 0.424. The number of nitrogens with one attached hydrogen (secondary N) is 1. The van der Waals surface area contributed by atoms with E-state index >= 15 is 0 Å². The van der Waals surface area contributed by atoms with E-state index in [1.54, 1.807) is 18.9 Å². The van der Waals surface area contributed by atoms with Gasteiger partial charge >= 0.3 is 0 Å². The third-order valence-electron chi connectivity index (χ3n) is 8.90. The standard InChI is InChI=1S/C19H28N2O2.C14H11NS.C13H29NO2.C3H8/c1-6-17(10-12-21(4)5)19-15(2)8-7-9-18(19)23-13-11-16(3)20-14-22;1-10-11-6-2-4-8-13(11)16-14-9-5-3-7-12(14)15-10;1-4-6-7-9-14(8-5-2)10-11-16-13-12-15-3;1-3-2/h6-9,11,14H,10,12-13H2,1-5H3,(H,20,22);2-9H,1H3;4-13H2,1-3H3;3H2,1-2H3/b16-11+,17-6-;;;. The van der Waals surface area contributed by atoms with E-state index in [1.807, 2.05) is 31.2 Å². The molecule has 0 aromatic heterocycles. The first-order valence-corrected chi connectivity index (χ1v) is 22.0. The Balaban J connectivity index is 0.000000429. The summed E-state index contributed by atoms with van der Waals surface area (Å²) in [6, 6.07) is 22.8. The molecule has 3 aromatic carbocycles. The Bertz CT molecular complexity index is 1640. The lowest BCUT2D eigenvalue weighted by molar-refractivity contribution is -0.108. The number of hydrogen-bond acceptors (Lipinski definition) is 8. The summed E-state index contributed by atoms with van der Waals surface area (Å²) in [4.78, 5) is 22.3. The molecule has 9 heteroatoms. The van der Waals surface area contributed by atoms with Crippen LogP contribution in [-0.2, 0) is 14.3 Å². The molecule has 0 bridgehead atoms. The van der Waals surface area contributed by atoms with E-state index in [1.165, 1.54) is 77.2 Å². The number of para-hydroxylation sites is 1. The van der Waals surface area contributed by atoms with Gasteiger partial charge in [0.1, 0.15) is 12.4 Å². The van der Waals surface area contributed by atoms with E-state index in [-0.39, 0.29) is 0 Å². The molecule has 0 aliphatic carbocycles. The molecule has 1 heterocycles. The number of allylic oxidation sites excluding steroid dienone is 2. The third kappa shape index (κ3) is 21.9. The van der Waals surface area contributed by atoms with E-state index in [4.69, 9.17) is 14.2 Å². The number of methoxy groups -OCH3 is 1. The largest absolute Gasteiger partial charge is 0.489 e. The number of fused-ring (bicyclic) bond motifs is 2. The smallest absolute Gasteiger partial charge is 0.211 e. The molecule has 1 amide bonds. The second-order valence-corrected chi connectivity index (χ2v) is 15.5. The number of amides is 1.